The molecule has 0 spiro atoms. The number of aliphatic carboxylic acids is 1. The van der Waals surface area contributed by atoms with E-state index in [2.05, 4.69) is 4.90 Å². The zero-order chi connectivity index (χ0) is 33.1. The lowest BCUT2D eigenvalue weighted by Crippen LogP contribution is -2.49. The van der Waals surface area contributed by atoms with Crippen molar-refractivity contribution in [2.24, 2.45) is 0 Å². The minimum absolute atomic E-state index is 0.0123. The molecule has 2 aliphatic heterocycles. The van der Waals surface area contributed by atoms with Gasteiger partial charge in [-0.3, -0.25) is 9.59 Å². The van der Waals surface area contributed by atoms with Crippen LogP contribution in [-0.4, -0.2) is 162 Å². The minimum atomic E-state index is -0.859. The highest BCUT2D eigenvalue weighted by molar-refractivity contribution is 5.96. The van der Waals surface area contributed by atoms with Gasteiger partial charge in [0.15, 0.2) is 11.6 Å². The summed E-state index contributed by atoms with van der Waals surface area (Å²) in [6, 6.07) is 0. The number of piperidine rings is 1. The summed E-state index contributed by atoms with van der Waals surface area (Å²) in [6.07, 6.45) is 2.25. The molecule has 0 atom stereocenters. The van der Waals surface area contributed by atoms with Gasteiger partial charge in [-0.2, -0.15) is 9.97 Å². The van der Waals surface area contributed by atoms with E-state index in [0.29, 0.717) is 113 Å². The molecule has 46 heavy (non-hydrogen) atoms. The summed E-state index contributed by atoms with van der Waals surface area (Å²) >= 11 is 0. The van der Waals surface area contributed by atoms with Crippen LogP contribution in [0.4, 0.5) is 23.5 Å². The Hall–Kier alpha value is -3.60. The van der Waals surface area contributed by atoms with Crippen LogP contribution in [0.25, 0.3) is 11.0 Å². The lowest BCUT2D eigenvalue weighted by Gasteiger charge is -2.35. The van der Waals surface area contributed by atoms with Crippen molar-refractivity contribution < 1.29 is 33.6 Å². The number of hydrogen-bond donors (Lipinski definition) is 1. The molecular weight excluding hydrogens is 598 g/mol. The van der Waals surface area contributed by atoms with Gasteiger partial charge in [-0.1, -0.05) is 0 Å². The summed E-state index contributed by atoms with van der Waals surface area (Å²) in [5.41, 5.74) is 1.12. The molecule has 16 nitrogen and oxygen atoms in total. The van der Waals surface area contributed by atoms with Crippen LogP contribution in [0.15, 0.2) is 0 Å². The van der Waals surface area contributed by atoms with Crippen LogP contribution in [0.1, 0.15) is 25.7 Å². The van der Waals surface area contributed by atoms with Gasteiger partial charge in [-0.25, -0.2) is 9.97 Å². The first-order valence-electron chi connectivity index (χ1n) is 15.8. The molecule has 1 N–H and O–H groups in total. The number of piperazine rings is 1. The Morgan fingerprint density at radius 2 is 1.30 bits per heavy atom. The average molecular weight is 648 g/mol. The smallest absolute Gasteiger partial charge is 0.303 e. The number of likely N-dealkylation sites (N-methyl/N-ethyl adjacent to an activating group) is 1. The van der Waals surface area contributed by atoms with Gasteiger partial charge in [0.05, 0.1) is 32.5 Å². The van der Waals surface area contributed by atoms with Gasteiger partial charge < -0.3 is 48.6 Å². The Morgan fingerprint density at radius 1 is 0.783 bits per heavy atom. The Morgan fingerprint density at radius 3 is 1.78 bits per heavy atom. The normalized spacial score (nSPS) is 16.0. The van der Waals surface area contributed by atoms with Crippen molar-refractivity contribution in [1.82, 2.24) is 24.8 Å². The fraction of sp³-hybridized carbons (Fsp3) is 0.733. The van der Waals surface area contributed by atoms with Crippen molar-refractivity contribution in [2.75, 3.05) is 134 Å². The number of amides is 1. The first-order valence-corrected chi connectivity index (χ1v) is 15.8. The summed E-state index contributed by atoms with van der Waals surface area (Å²) in [6.45, 7) is 5.99. The van der Waals surface area contributed by atoms with Crippen LogP contribution in [0.3, 0.4) is 0 Å². The maximum absolute atomic E-state index is 12.9. The molecular formula is C30H49N9O7. The van der Waals surface area contributed by atoms with Crippen LogP contribution in [0.5, 0.6) is 0 Å². The number of rotatable bonds is 18. The molecule has 256 valence electrons. The second kappa shape index (κ2) is 17.4. The second-order valence-electron chi connectivity index (χ2n) is 11.5. The van der Waals surface area contributed by atoms with Crippen LogP contribution in [0.2, 0.25) is 0 Å². The number of carbonyl (C=O) groups is 2. The van der Waals surface area contributed by atoms with E-state index in [-0.39, 0.29) is 25.0 Å². The molecule has 4 heterocycles. The molecule has 0 aliphatic carbocycles. The number of carboxylic acid groups (broad SMARTS) is 1. The predicted octanol–water partition coefficient (Wildman–Crippen LogP) is 0.730. The molecule has 2 aromatic heterocycles. The van der Waals surface area contributed by atoms with Gasteiger partial charge in [0.2, 0.25) is 17.8 Å². The zero-order valence-corrected chi connectivity index (χ0v) is 27.8. The largest absolute Gasteiger partial charge is 0.481 e. The monoisotopic (exact) mass is 647 g/mol. The number of nitrogens with zero attached hydrogens (tertiary/aromatic N) is 9. The van der Waals surface area contributed by atoms with Crippen LogP contribution < -0.4 is 19.6 Å². The number of methoxy groups -OCH3 is 4. The van der Waals surface area contributed by atoms with Gasteiger partial charge in [-0.05, 0) is 19.3 Å². The molecule has 2 aromatic rings. The predicted molar refractivity (Wildman–Crippen MR) is 174 cm³/mol. The third-order valence-electron chi connectivity index (χ3n) is 8.40. The summed E-state index contributed by atoms with van der Waals surface area (Å²) in [7, 11) is 8.47. The van der Waals surface area contributed by atoms with Crippen LogP contribution in [-0.2, 0) is 28.5 Å². The highest BCUT2D eigenvalue weighted by Crippen LogP contribution is 2.34. The molecule has 2 saturated heterocycles. The van der Waals surface area contributed by atoms with E-state index in [1.54, 1.807) is 40.4 Å². The molecule has 1 amide bonds. The number of carboxylic acids is 1. The van der Waals surface area contributed by atoms with E-state index in [4.69, 9.17) is 38.9 Å². The van der Waals surface area contributed by atoms with E-state index in [9.17, 15) is 14.7 Å². The Labute approximate surface area is 270 Å². The molecule has 0 unspecified atom stereocenters. The van der Waals surface area contributed by atoms with Crippen molar-refractivity contribution >= 4 is 46.4 Å². The maximum Gasteiger partial charge on any atom is 0.303 e. The third kappa shape index (κ3) is 9.02. The van der Waals surface area contributed by atoms with Crippen LogP contribution in [0, 0.1) is 0 Å². The number of fused-ring (bicyclic) bond motifs is 1. The van der Waals surface area contributed by atoms with Crippen molar-refractivity contribution in [3.8, 4) is 0 Å². The van der Waals surface area contributed by atoms with Crippen molar-refractivity contribution in [2.45, 2.75) is 31.8 Å². The summed E-state index contributed by atoms with van der Waals surface area (Å²) in [4.78, 5) is 54.4. The number of hydrogen-bond acceptors (Lipinski definition) is 14. The van der Waals surface area contributed by atoms with Gasteiger partial charge in [0, 0.05) is 94.3 Å². The molecule has 0 radical (unpaired) electrons. The average Bonchev–Trinajstić information content (AvgIpc) is 3.06. The summed E-state index contributed by atoms with van der Waals surface area (Å²) in [5.74, 6) is 1.26. The Bertz CT molecular complexity index is 1290. The fourth-order valence-electron chi connectivity index (χ4n) is 5.58. The van der Waals surface area contributed by atoms with Crippen LogP contribution >= 0.6 is 0 Å². The fourth-order valence-corrected chi connectivity index (χ4v) is 5.58. The summed E-state index contributed by atoms with van der Waals surface area (Å²) in [5, 5.41) is 9.31. The van der Waals surface area contributed by atoms with E-state index < -0.39 is 5.97 Å². The van der Waals surface area contributed by atoms with E-state index >= 15 is 0 Å². The topological polar surface area (TPSA) is 159 Å². The minimum Gasteiger partial charge on any atom is -0.481 e. The molecule has 16 heteroatoms. The second-order valence-corrected chi connectivity index (χ2v) is 11.5. The first-order chi connectivity index (χ1) is 22.3. The lowest BCUT2D eigenvalue weighted by atomic mass is 10.1. The number of anilines is 4. The molecule has 4 rings (SSSR count). The lowest BCUT2D eigenvalue weighted by molar-refractivity contribution is -0.137. The first kappa shape index (κ1) is 35.3. The quantitative estimate of drug-likeness (QED) is 0.241. The standard InChI is InChI=1S/C30H49N9O7/c1-35-13-14-39(21-23(35)40)28-26-25(31-30(34-28)38(16-19-44-3)17-20-45-4)27(36-11-8-22(46-5)9-12-36)33-29(32-26)37(15-18-43-2)10-6-7-24(41)42/h22H,6-21H2,1-5H3,(H,41,42). The van der Waals surface area contributed by atoms with Gasteiger partial charge in [0.1, 0.15) is 11.0 Å². The number of ether oxygens (including phenoxy) is 4. The summed E-state index contributed by atoms with van der Waals surface area (Å²) < 4.78 is 21.8. The van der Waals surface area contributed by atoms with Gasteiger partial charge in [-0.15, -0.1) is 0 Å². The van der Waals surface area contributed by atoms with E-state index in [0.717, 1.165) is 12.8 Å². The highest BCUT2D eigenvalue weighted by atomic mass is 16.5. The molecule has 0 saturated carbocycles. The Kier molecular flexibility index (Phi) is 13.3. The third-order valence-corrected chi connectivity index (χ3v) is 8.40. The Balaban J connectivity index is 1.92. The molecule has 2 fully saturated rings. The maximum atomic E-state index is 12.9. The van der Waals surface area contributed by atoms with Gasteiger partial charge in [0.25, 0.3) is 0 Å². The molecule has 0 aromatic carbocycles. The van der Waals surface area contributed by atoms with Crippen molar-refractivity contribution in [3.05, 3.63) is 0 Å². The number of carbonyl (C=O) groups excluding carboxylic acids is 1. The van der Waals surface area contributed by atoms with Crippen molar-refractivity contribution in [1.29, 1.82) is 0 Å². The molecule has 2 aliphatic rings. The van der Waals surface area contributed by atoms with E-state index in [1.165, 1.54) is 0 Å². The SMILES string of the molecule is COCCN(CCOC)c1nc(N2CCN(C)C(=O)C2)c2nc(N(CCCC(=O)O)CCOC)nc(N3CCC(OC)CC3)c2n1. The van der Waals surface area contributed by atoms with E-state index in [1.807, 2.05) is 14.7 Å². The molecule has 0 bridgehead atoms. The van der Waals surface area contributed by atoms with Gasteiger partial charge >= 0.3 is 5.97 Å². The number of aromatic nitrogens is 4. The highest BCUT2D eigenvalue weighted by Gasteiger charge is 2.30. The van der Waals surface area contributed by atoms with Crippen molar-refractivity contribution in [3.63, 3.8) is 0 Å². The zero-order valence-electron chi connectivity index (χ0n) is 27.8.